The zero-order chi connectivity index (χ0) is 22.6. The van der Waals surface area contributed by atoms with Gasteiger partial charge < -0.3 is 15.8 Å². The Labute approximate surface area is 183 Å². The number of hydrogen-bond donors (Lipinski definition) is 4. The maximum absolute atomic E-state index is 13.4. The van der Waals surface area contributed by atoms with Crippen molar-refractivity contribution in [1.82, 2.24) is 0 Å². The third-order valence-electron chi connectivity index (χ3n) is 5.34. The number of fused-ring (bicyclic) bond motifs is 1. The van der Waals surface area contributed by atoms with Crippen molar-refractivity contribution in [3.63, 3.8) is 0 Å². The number of nitrogens with one attached hydrogen (secondary N) is 1. The second-order valence-electron chi connectivity index (χ2n) is 7.10. The summed E-state index contributed by atoms with van der Waals surface area (Å²) >= 11 is 4.25. The summed E-state index contributed by atoms with van der Waals surface area (Å²) < 4.78 is 39.6. The average molecular weight is 459 g/mol. The number of anilines is 1. The molecule has 0 radical (unpaired) electrons. The molecule has 2 aromatic carbocycles. The van der Waals surface area contributed by atoms with Crippen LogP contribution in [0.15, 0.2) is 71.5 Å². The molecule has 4 rings (SSSR count). The van der Waals surface area contributed by atoms with E-state index in [1.54, 1.807) is 36.4 Å². The van der Waals surface area contributed by atoms with Crippen molar-refractivity contribution in [2.45, 2.75) is 10.1 Å². The number of ether oxygens (including phenoxy) is 1. The highest BCUT2D eigenvalue weighted by Gasteiger charge is 2.56. The van der Waals surface area contributed by atoms with Crippen molar-refractivity contribution in [2.75, 3.05) is 12.4 Å². The van der Waals surface area contributed by atoms with Crippen LogP contribution < -0.4 is 15.8 Å². The van der Waals surface area contributed by atoms with Crippen molar-refractivity contribution in [3.8, 4) is 5.75 Å². The summed E-state index contributed by atoms with van der Waals surface area (Å²) in [6, 6.07) is 12.8. The van der Waals surface area contributed by atoms with Gasteiger partial charge in [-0.05, 0) is 30.3 Å². The summed E-state index contributed by atoms with van der Waals surface area (Å²) in [7, 11) is -3.51. The molecule has 10 heteroatoms. The topological polar surface area (TPSA) is 136 Å². The van der Waals surface area contributed by atoms with Gasteiger partial charge in [-0.15, -0.1) is 0 Å². The van der Waals surface area contributed by atoms with Gasteiger partial charge in [0.1, 0.15) is 5.75 Å². The van der Waals surface area contributed by atoms with Crippen molar-refractivity contribution in [2.24, 2.45) is 5.73 Å². The molecule has 160 valence electrons. The highest BCUT2D eigenvalue weighted by molar-refractivity contribution is 7.89. The summed E-state index contributed by atoms with van der Waals surface area (Å²) in [6.07, 6.45) is 1.30. The molecule has 2 aliphatic carbocycles. The third kappa shape index (κ3) is 3.19. The van der Waals surface area contributed by atoms with Gasteiger partial charge in [0.25, 0.3) is 10.1 Å². The quantitative estimate of drug-likeness (QED) is 0.405. The fraction of sp³-hybridized carbons (Fsp3) is 0.143. The molecule has 2 unspecified atom stereocenters. The van der Waals surface area contributed by atoms with E-state index in [2.05, 4.69) is 17.9 Å². The fourth-order valence-corrected chi connectivity index (χ4v) is 5.24. The third-order valence-corrected chi connectivity index (χ3v) is 7.38. The van der Waals surface area contributed by atoms with E-state index in [-0.39, 0.29) is 22.4 Å². The minimum atomic E-state index is -5.03. The summed E-state index contributed by atoms with van der Waals surface area (Å²) in [5, 5.41) is 1.71. The monoisotopic (exact) mass is 458 g/mol. The largest absolute Gasteiger partial charge is 0.497 e. The fourth-order valence-electron chi connectivity index (χ4n) is 3.73. The molecule has 0 saturated carbocycles. The van der Waals surface area contributed by atoms with Gasteiger partial charge in [-0.2, -0.15) is 21.0 Å². The van der Waals surface area contributed by atoms with E-state index in [9.17, 15) is 22.6 Å². The number of hydrogen-bond acceptors (Lipinski definition) is 8. The number of nitrogens with two attached hydrogens (primary N) is 1. The zero-order valence-corrected chi connectivity index (χ0v) is 17.9. The molecule has 0 aliphatic heterocycles. The lowest BCUT2D eigenvalue weighted by Crippen LogP contribution is -2.60. The Kier molecular flexibility index (Phi) is 5.05. The smallest absolute Gasteiger partial charge is 0.289 e. The average Bonchev–Trinajstić information content (AvgIpc) is 2.74. The Balaban J connectivity index is 1.93. The number of methoxy groups -OCH3 is 1. The molecule has 2 atom stereocenters. The zero-order valence-electron chi connectivity index (χ0n) is 16.2. The maximum atomic E-state index is 13.4. The lowest BCUT2D eigenvalue weighted by molar-refractivity contribution is 0.0967. The van der Waals surface area contributed by atoms with Crippen LogP contribution in [0.25, 0.3) is 0 Å². The number of Topliss-reactive ketones (excluding diaryl/α,β-unsaturated/α-hetero) is 2. The van der Waals surface area contributed by atoms with Crippen LogP contribution in [0.2, 0.25) is 0 Å². The molecule has 0 bridgehead atoms. The van der Waals surface area contributed by atoms with Gasteiger partial charge in [0.2, 0.25) is 0 Å². The van der Waals surface area contributed by atoms with Crippen molar-refractivity contribution >= 4 is 40.0 Å². The number of carbonyl (C=O) groups excluding carboxylic acids is 2. The Morgan fingerprint density at radius 3 is 2.19 bits per heavy atom. The first-order valence-corrected chi connectivity index (χ1v) is 11.1. The Bertz CT molecular complexity index is 1280. The summed E-state index contributed by atoms with van der Waals surface area (Å²) in [4.78, 5) is 24.1. The minimum Gasteiger partial charge on any atom is -0.497 e. The molecule has 2 aliphatic rings. The van der Waals surface area contributed by atoms with Crippen molar-refractivity contribution in [1.29, 1.82) is 0 Å². The van der Waals surface area contributed by atoms with Crippen LogP contribution in [0.5, 0.6) is 5.75 Å². The first kappa shape index (κ1) is 21.3. The SMILES string of the molecule is COc1ccc(NC2=CC(S)C(N)(S(=O)(=O)O)C3=C2C(=O)c2ccccc2C3=O)cc1. The van der Waals surface area contributed by atoms with Crippen LogP contribution >= 0.6 is 12.6 Å². The highest BCUT2D eigenvalue weighted by atomic mass is 32.2. The molecule has 0 aromatic heterocycles. The molecule has 8 nitrogen and oxygen atoms in total. The molecule has 4 N–H and O–H groups in total. The number of thiol groups is 1. The van der Waals surface area contributed by atoms with Crippen LogP contribution in [0.1, 0.15) is 20.7 Å². The predicted molar refractivity (Wildman–Crippen MR) is 118 cm³/mol. The molecule has 0 spiro atoms. The number of carbonyl (C=O) groups is 2. The molecule has 0 saturated heterocycles. The summed E-state index contributed by atoms with van der Waals surface area (Å²) in [5.41, 5.74) is 6.21. The van der Waals surface area contributed by atoms with Gasteiger partial charge in [-0.25, -0.2) is 0 Å². The Hall–Kier alpha value is -2.92. The number of allylic oxidation sites excluding steroid dienone is 1. The normalized spacial score (nSPS) is 23.1. The molecule has 0 fully saturated rings. The first-order chi connectivity index (χ1) is 14.6. The van der Waals surface area contributed by atoms with E-state index in [1.807, 2.05) is 0 Å². The molecule has 0 heterocycles. The number of rotatable bonds is 4. The Morgan fingerprint density at radius 1 is 1.06 bits per heavy atom. The minimum absolute atomic E-state index is 0.0101. The van der Waals surface area contributed by atoms with Crippen molar-refractivity contribution in [3.05, 3.63) is 82.6 Å². The second-order valence-corrected chi connectivity index (χ2v) is 9.28. The molecule has 0 amide bonds. The lowest BCUT2D eigenvalue weighted by atomic mass is 9.76. The molecular weight excluding hydrogens is 440 g/mol. The van der Waals surface area contributed by atoms with Gasteiger partial charge >= 0.3 is 0 Å². The van der Waals surface area contributed by atoms with Gasteiger partial charge in [0.05, 0.1) is 23.5 Å². The van der Waals surface area contributed by atoms with Gasteiger partial charge in [0.15, 0.2) is 16.4 Å². The van der Waals surface area contributed by atoms with Gasteiger partial charge in [-0.3, -0.25) is 14.1 Å². The standard InChI is InChI=1S/C21H18N2O6S2/c1-29-12-8-6-11(7-9-12)23-15-10-16(30)21(22,31(26,27)28)18-17(15)19(24)13-4-2-3-5-14(13)20(18)25/h2-10,16,23,30H,22H2,1H3,(H,26,27,28). The van der Waals surface area contributed by atoms with E-state index in [1.165, 1.54) is 25.3 Å². The Morgan fingerprint density at radius 2 is 1.65 bits per heavy atom. The first-order valence-electron chi connectivity index (χ1n) is 9.10. The number of ketones is 2. The summed E-state index contributed by atoms with van der Waals surface area (Å²) in [5.74, 6) is -0.733. The van der Waals surface area contributed by atoms with E-state index in [4.69, 9.17) is 10.5 Å². The van der Waals surface area contributed by atoms with Crippen molar-refractivity contribution < 1.29 is 27.3 Å². The number of benzene rings is 2. The predicted octanol–water partition coefficient (Wildman–Crippen LogP) is 2.22. The van der Waals surface area contributed by atoms with E-state index >= 15 is 0 Å². The van der Waals surface area contributed by atoms with Crippen LogP contribution in [0.3, 0.4) is 0 Å². The second kappa shape index (κ2) is 7.34. The highest BCUT2D eigenvalue weighted by Crippen LogP contribution is 2.43. The maximum Gasteiger partial charge on any atom is 0.289 e. The van der Waals surface area contributed by atoms with E-state index < -0.39 is 37.4 Å². The molecule has 31 heavy (non-hydrogen) atoms. The van der Waals surface area contributed by atoms with E-state index in [0.717, 1.165) is 0 Å². The summed E-state index contributed by atoms with van der Waals surface area (Å²) in [6.45, 7) is 0. The molecule has 2 aromatic rings. The van der Waals surface area contributed by atoms with Crippen LogP contribution in [-0.4, -0.2) is 41.8 Å². The lowest BCUT2D eigenvalue weighted by Gasteiger charge is -2.39. The van der Waals surface area contributed by atoms with Crippen LogP contribution in [0, 0.1) is 0 Å². The molecular formula is C21H18N2O6S2. The van der Waals surface area contributed by atoms with Gasteiger partial charge in [-0.1, -0.05) is 24.3 Å². The van der Waals surface area contributed by atoms with Gasteiger partial charge in [0, 0.05) is 22.5 Å². The van der Waals surface area contributed by atoms with E-state index in [0.29, 0.717) is 11.4 Å². The van der Waals surface area contributed by atoms with Crippen LogP contribution in [-0.2, 0) is 10.1 Å². The van der Waals surface area contributed by atoms with Crippen LogP contribution in [0.4, 0.5) is 5.69 Å².